The second-order valence-electron chi connectivity index (χ2n) is 6.72. The average molecular weight is 359 g/mol. The molecule has 2 aromatic rings. The first-order valence-electron chi connectivity index (χ1n) is 9.05. The van der Waals surface area contributed by atoms with Crippen LogP contribution in [0, 0.1) is 12.7 Å². The van der Waals surface area contributed by atoms with E-state index in [2.05, 4.69) is 25.1 Å². The summed E-state index contributed by atoms with van der Waals surface area (Å²) in [5, 5.41) is 2.99. The first-order chi connectivity index (χ1) is 12.5. The third-order valence-electron chi connectivity index (χ3n) is 4.88. The van der Waals surface area contributed by atoms with E-state index in [1.165, 1.54) is 6.07 Å². The first-order valence-corrected chi connectivity index (χ1v) is 9.05. The number of H-pyrrole nitrogens is 1. The number of rotatable bonds is 6. The van der Waals surface area contributed by atoms with Gasteiger partial charge in [0.25, 0.3) is 0 Å². The molecule has 0 spiro atoms. The van der Waals surface area contributed by atoms with Gasteiger partial charge in [0.1, 0.15) is 11.6 Å². The number of aromatic amines is 1. The van der Waals surface area contributed by atoms with Crippen LogP contribution in [0.15, 0.2) is 30.5 Å². The summed E-state index contributed by atoms with van der Waals surface area (Å²) in [6.45, 7) is 8.45. The van der Waals surface area contributed by atoms with Gasteiger partial charge in [0, 0.05) is 51.2 Å². The quantitative estimate of drug-likeness (QED) is 0.827. The van der Waals surface area contributed by atoms with Crippen LogP contribution in [-0.4, -0.2) is 60.0 Å². The first kappa shape index (κ1) is 18.4. The second kappa shape index (κ2) is 8.31. The number of amides is 1. The van der Waals surface area contributed by atoms with Crippen molar-refractivity contribution in [1.82, 2.24) is 20.2 Å². The van der Waals surface area contributed by atoms with E-state index in [1.807, 2.05) is 26.0 Å². The molecular weight excluding hydrogens is 333 g/mol. The highest BCUT2D eigenvalue weighted by atomic mass is 19.1. The molecule has 2 N–H and O–H groups in total. The minimum absolute atomic E-state index is 0.00126. The molecule has 1 aliphatic heterocycles. The van der Waals surface area contributed by atoms with Gasteiger partial charge in [-0.05, 0) is 26.0 Å². The zero-order chi connectivity index (χ0) is 18.5. The van der Waals surface area contributed by atoms with Crippen LogP contribution < -0.4 is 10.2 Å². The van der Waals surface area contributed by atoms with Crippen LogP contribution in [0.25, 0.3) is 0 Å². The number of piperazine rings is 1. The lowest BCUT2D eigenvalue weighted by atomic mass is 10.1. The Morgan fingerprint density at radius 1 is 1.31 bits per heavy atom. The molecule has 1 aromatic carbocycles. The minimum atomic E-state index is -0.242. The third kappa shape index (κ3) is 4.40. The zero-order valence-corrected chi connectivity index (χ0v) is 15.3. The number of carbonyl (C=O) groups is 1. The van der Waals surface area contributed by atoms with Gasteiger partial charge in [-0.15, -0.1) is 0 Å². The van der Waals surface area contributed by atoms with Crippen LogP contribution in [0.3, 0.4) is 0 Å². The van der Waals surface area contributed by atoms with Crippen molar-refractivity contribution >= 4 is 11.6 Å². The molecule has 0 bridgehead atoms. The topological polar surface area (TPSA) is 64.3 Å². The largest absolute Gasteiger partial charge is 0.367 e. The molecule has 2 heterocycles. The highest BCUT2D eigenvalue weighted by molar-refractivity contribution is 5.82. The molecule has 6 nitrogen and oxygen atoms in total. The van der Waals surface area contributed by atoms with Crippen LogP contribution in [0.2, 0.25) is 0 Å². The Morgan fingerprint density at radius 2 is 2.04 bits per heavy atom. The van der Waals surface area contributed by atoms with E-state index >= 15 is 0 Å². The number of hydrogen-bond donors (Lipinski definition) is 2. The van der Waals surface area contributed by atoms with E-state index in [9.17, 15) is 9.18 Å². The number of anilines is 1. The van der Waals surface area contributed by atoms with E-state index < -0.39 is 0 Å². The molecule has 0 radical (unpaired) electrons. The molecular formula is C19H26FN5O. The molecule has 7 heteroatoms. The van der Waals surface area contributed by atoms with E-state index in [0.29, 0.717) is 12.2 Å². The second-order valence-corrected chi connectivity index (χ2v) is 6.72. The van der Waals surface area contributed by atoms with E-state index in [0.717, 1.165) is 44.2 Å². The number of nitrogens with zero attached hydrogens (tertiary/aromatic N) is 3. The number of nitrogens with one attached hydrogen (secondary N) is 2. The van der Waals surface area contributed by atoms with Gasteiger partial charge in [-0.25, -0.2) is 9.37 Å². The molecule has 0 aliphatic carbocycles. The van der Waals surface area contributed by atoms with Gasteiger partial charge in [-0.3, -0.25) is 9.69 Å². The van der Waals surface area contributed by atoms with Crippen LogP contribution in [0.1, 0.15) is 24.4 Å². The molecule has 1 fully saturated rings. The van der Waals surface area contributed by atoms with Crippen LogP contribution in [-0.2, 0) is 4.79 Å². The Kier molecular flexibility index (Phi) is 5.88. The number of benzene rings is 1. The SMILES string of the molecule is Cc1ncc(C(C)C(=O)NCCN2CCN(c3ccccc3F)CC2)[nH]1. The monoisotopic (exact) mass is 359 g/mol. The summed E-state index contributed by atoms with van der Waals surface area (Å²) < 4.78 is 13.9. The number of aromatic nitrogens is 2. The summed E-state index contributed by atoms with van der Waals surface area (Å²) in [5.41, 5.74) is 1.50. The Labute approximate surface area is 153 Å². The van der Waals surface area contributed by atoms with Crippen molar-refractivity contribution in [3.63, 3.8) is 0 Å². The van der Waals surface area contributed by atoms with Crippen LogP contribution >= 0.6 is 0 Å². The molecule has 1 saturated heterocycles. The number of hydrogen-bond acceptors (Lipinski definition) is 4. The molecule has 1 amide bonds. The van der Waals surface area contributed by atoms with Gasteiger partial charge < -0.3 is 15.2 Å². The lowest BCUT2D eigenvalue weighted by Crippen LogP contribution is -2.48. The van der Waals surface area contributed by atoms with Crippen molar-refractivity contribution in [1.29, 1.82) is 0 Å². The summed E-state index contributed by atoms with van der Waals surface area (Å²) in [7, 11) is 0. The van der Waals surface area contributed by atoms with E-state index in [-0.39, 0.29) is 17.6 Å². The van der Waals surface area contributed by atoms with Crippen molar-refractivity contribution < 1.29 is 9.18 Å². The van der Waals surface area contributed by atoms with Crippen LogP contribution in [0.5, 0.6) is 0 Å². The lowest BCUT2D eigenvalue weighted by molar-refractivity contribution is -0.122. The summed E-state index contributed by atoms with van der Waals surface area (Å²) in [4.78, 5) is 23.9. The Morgan fingerprint density at radius 3 is 2.69 bits per heavy atom. The predicted octanol–water partition coefficient (Wildman–Crippen LogP) is 1.90. The molecule has 0 saturated carbocycles. The fourth-order valence-electron chi connectivity index (χ4n) is 3.21. The molecule has 1 aliphatic rings. The number of imidazole rings is 1. The highest BCUT2D eigenvalue weighted by Crippen LogP contribution is 2.20. The fourth-order valence-corrected chi connectivity index (χ4v) is 3.21. The van der Waals surface area contributed by atoms with Gasteiger partial charge >= 0.3 is 0 Å². The third-order valence-corrected chi connectivity index (χ3v) is 4.88. The standard InChI is InChI=1S/C19H26FN5O/c1-14(17-13-22-15(2)23-17)19(26)21-7-8-24-9-11-25(12-10-24)18-6-4-3-5-16(18)20/h3-6,13-14H,7-12H2,1-2H3,(H,21,26)(H,22,23). The maximum absolute atomic E-state index is 13.9. The molecule has 140 valence electrons. The van der Waals surface area contributed by atoms with Crippen molar-refractivity contribution in [3.05, 3.63) is 47.8 Å². The van der Waals surface area contributed by atoms with Crippen molar-refractivity contribution in [3.8, 4) is 0 Å². The maximum atomic E-state index is 13.9. The number of aryl methyl sites for hydroxylation is 1. The normalized spacial score (nSPS) is 16.5. The zero-order valence-electron chi connectivity index (χ0n) is 15.3. The molecule has 1 atom stereocenters. The van der Waals surface area contributed by atoms with Crippen molar-refractivity contribution in [2.45, 2.75) is 19.8 Å². The Bertz CT molecular complexity index is 739. The maximum Gasteiger partial charge on any atom is 0.228 e. The molecule has 26 heavy (non-hydrogen) atoms. The lowest BCUT2D eigenvalue weighted by Gasteiger charge is -2.36. The van der Waals surface area contributed by atoms with Crippen LogP contribution in [0.4, 0.5) is 10.1 Å². The average Bonchev–Trinajstić information content (AvgIpc) is 3.08. The predicted molar refractivity (Wildman–Crippen MR) is 99.8 cm³/mol. The molecule has 1 unspecified atom stereocenters. The smallest absolute Gasteiger partial charge is 0.228 e. The summed E-state index contributed by atoms with van der Waals surface area (Å²) >= 11 is 0. The van der Waals surface area contributed by atoms with Gasteiger partial charge in [0.2, 0.25) is 5.91 Å². The Balaban J connectivity index is 1.40. The highest BCUT2D eigenvalue weighted by Gasteiger charge is 2.20. The number of para-hydroxylation sites is 1. The van der Waals surface area contributed by atoms with E-state index in [4.69, 9.17) is 0 Å². The Hall–Kier alpha value is -2.41. The molecule has 3 rings (SSSR count). The molecule has 1 aromatic heterocycles. The van der Waals surface area contributed by atoms with E-state index in [1.54, 1.807) is 12.3 Å². The summed E-state index contributed by atoms with van der Waals surface area (Å²) in [5.74, 6) is 0.399. The van der Waals surface area contributed by atoms with Gasteiger partial charge in [0.15, 0.2) is 0 Å². The summed E-state index contributed by atoms with van der Waals surface area (Å²) in [6, 6.07) is 6.90. The number of carbonyl (C=O) groups excluding carboxylic acids is 1. The van der Waals surface area contributed by atoms with Crippen molar-refractivity contribution in [2.24, 2.45) is 0 Å². The summed E-state index contributed by atoms with van der Waals surface area (Å²) in [6.07, 6.45) is 1.71. The van der Waals surface area contributed by atoms with Crippen molar-refractivity contribution in [2.75, 3.05) is 44.2 Å². The fraction of sp³-hybridized carbons (Fsp3) is 0.474. The van der Waals surface area contributed by atoms with Gasteiger partial charge in [-0.1, -0.05) is 12.1 Å². The number of halogens is 1. The van der Waals surface area contributed by atoms with Gasteiger partial charge in [0.05, 0.1) is 11.6 Å². The van der Waals surface area contributed by atoms with Gasteiger partial charge in [-0.2, -0.15) is 0 Å². The minimum Gasteiger partial charge on any atom is -0.367 e.